The summed E-state index contributed by atoms with van der Waals surface area (Å²) in [6.45, 7) is 5.35. The molecule has 0 bridgehead atoms. The van der Waals surface area contributed by atoms with E-state index >= 15 is 0 Å². The van der Waals surface area contributed by atoms with Gasteiger partial charge in [-0.15, -0.1) is 0 Å². The molecule has 0 aromatic heterocycles. The number of hydrogen-bond acceptors (Lipinski definition) is 3. The molecule has 4 rings (SSSR count). The van der Waals surface area contributed by atoms with Gasteiger partial charge in [0.1, 0.15) is 0 Å². The molecule has 0 radical (unpaired) electrons. The fourth-order valence-electron chi connectivity index (χ4n) is 6.29. The zero-order valence-electron chi connectivity index (χ0n) is 23.5. The van der Waals surface area contributed by atoms with Gasteiger partial charge in [-0.2, -0.15) is 26.3 Å². The van der Waals surface area contributed by atoms with Crippen LogP contribution in [-0.2, 0) is 21.9 Å². The molecule has 2 atom stereocenters. The maximum atomic E-state index is 14.1. The Morgan fingerprint density at radius 2 is 1.51 bits per heavy atom. The molecule has 1 heterocycles. The lowest BCUT2D eigenvalue weighted by Crippen LogP contribution is -2.52. The molecule has 1 N–H and O–H groups in total. The molecular weight excluding hydrogens is 548 g/mol. The minimum Gasteiger partial charge on any atom is -0.325 e. The van der Waals surface area contributed by atoms with Crippen molar-refractivity contribution in [2.24, 2.45) is 11.3 Å². The lowest BCUT2D eigenvalue weighted by Gasteiger charge is -2.39. The molecule has 5 nitrogen and oxygen atoms in total. The third kappa shape index (κ3) is 6.24. The molecule has 2 unspecified atom stereocenters. The van der Waals surface area contributed by atoms with Gasteiger partial charge in [0.05, 0.1) is 22.5 Å². The van der Waals surface area contributed by atoms with E-state index in [9.17, 15) is 35.9 Å². The number of carbonyl (C=O) groups is 2. The van der Waals surface area contributed by atoms with Crippen LogP contribution in [-0.4, -0.2) is 42.9 Å². The highest BCUT2D eigenvalue weighted by atomic mass is 19.4. The van der Waals surface area contributed by atoms with Crippen LogP contribution >= 0.6 is 0 Å². The second kappa shape index (κ2) is 11.3. The van der Waals surface area contributed by atoms with E-state index in [1.54, 1.807) is 6.92 Å². The molecule has 1 aliphatic carbocycles. The van der Waals surface area contributed by atoms with Crippen LogP contribution < -0.4 is 10.2 Å². The molecule has 224 valence electrons. The van der Waals surface area contributed by atoms with E-state index in [-0.39, 0.29) is 31.1 Å². The lowest BCUT2D eigenvalue weighted by atomic mass is 9.76. The largest absolute Gasteiger partial charge is 0.416 e. The SMILES string of the molecule is Cc1cccc(C)c1N1CC(CN(C)C2CCCCC2)(C(=O)Nc2cc(C(F)(F)F)cc(C(F)(F)F)c2)C(C)C1=O. The summed E-state index contributed by atoms with van der Waals surface area (Å²) in [5.41, 5.74) is -2.83. The zero-order chi connectivity index (χ0) is 30.3. The van der Waals surface area contributed by atoms with Crippen molar-refractivity contribution in [1.82, 2.24) is 4.90 Å². The molecule has 1 saturated carbocycles. The third-order valence-corrected chi connectivity index (χ3v) is 8.64. The first-order chi connectivity index (χ1) is 19.0. The Kier molecular flexibility index (Phi) is 8.51. The van der Waals surface area contributed by atoms with Gasteiger partial charge in [0.25, 0.3) is 0 Å². The van der Waals surface area contributed by atoms with Gasteiger partial charge in [-0.1, -0.05) is 44.4 Å². The van der Waals surface area contributed by atoms with Crippen LogP contribution in [0.2, 0.25) is 0 Å². The second-order valence-electron chi connectivity index (χ2n) is 11.5. The fraction of sp³-hybridized carbons (Fsp3) is 0.533. The lowest BCUT2D eigenvalue weighted by molar-refractivity contribution is -0.143. The van der Waals surface area contributed by atoms with E-state index in [1.807, 2.05) is 44.0 Å². The molecule has 1 aliphatic heterocycles. The third-order valence-electron chi connectivity index (χ3n) is 8.64. The number of nitrogens with zero attached hydrogens (tertiary/aromatic N) is 2. The molecule has 1 saturated heterocycles. The van der Waals surface area contributed by atoms with Crippen molar-refractivity contribution < 1.29 is 35.9 Å². The van der Waals surface area contributed by atoms with Crippen molar-refractivity contribution in [3.05, 3.63) is 58.7 Å². The molecular formula is C30H35F6N3O2. The Balaban J connectivity index is 1.77. The number of aryl methyl sites for hydroxylation is 2. The molecule has 11 heteroatoms. The van der Waals surface area contributed by atoms with E-state index in [0.717, 1.165) is 43.2 Å². The van der Waals surface area contributed by atoms with Crippen molar-refractivity contribution in [3.63, 3.8) is 0 Å². The molecule has 0 spiro atoms. The summed E-state index contributed by atoms with van der Waals surface area (Å²) in [6, 6.07) is 6.70. The standard InChI is InChI=1S/C30H35F6N3O2/c1-18-9-8-10-19(2)25(18)39-17-28(20(3)26(39)40,16-38(4)24-11-6-5-7-12-24)27(41)37-23-14-21(29(31,32)33)13-22(15-23)30(34,35)36/h8-10,13-15,20,24H,5-7,11-12,16-17H2,1-4H3,(H,37,41). The summed E-state index contributed by atoms with van der Waals surface area (Å²) in [5.74, 6) is -2.00. The number of carbonyl (C=O) groups excluding carboxylic acids is 2. The van der Waals surface area contributed by atoms with Gasteiger partial charge < -0.3 is 15.1 Å². The summed E-state index contributed by atoms with van der Waals surface area (Å²) in [6.07, 6.45) is -5.18. The zero-order valence-corrected chi connectivity index (χ0v) is 23.5. The topological polar surface area (TPSA) is 52.6 Å². The van der Waals surface area contributed by atoms with Gasteiger partial charge in [0.2, 0.25) is 11.8 Å². The van der Waals surface area contributed by atoms with Crippen LogP contribution in [0.1, 0.15) is 61.3 Å². The van der Waals surface area contributed by atoms with Gasteiger partial charge in [-0.25, -0.2) is 0 Å². The molecule has 2 amide bonds. The number of halogens is 6. The minimum atomic E-state index is -5.06. The quantitative estimate of drug-likeness (QED) is 0.366. The Hall–Kier alpha value is -3.08. The highest BCUT2D eigenvalue weighted by molar-refractivity contribution is 6.08. The fourth-order valence-corrected chi connectivity index (χ4v) is 6.29. The number of para-hydroxylation sites is 1. The Morgan fingerprint density at radius 3 is 2.02 bits per heavy atom. The first-order valence-corrected chi connectivity index (χ1v) is 13.7. The molecule has 2 aromatic carbocycles. The summed E-state index contributed by atoms with van der Waals surface area (Å²) in [4.78, 5) is 31.4. The summed E-state index contributed by atoms with van der Waals surface area (Å²) >= 11 is 0. The smallest absolute Gasteiger partial charge is 0.325 e. The van der Waals surface area contributed by atoms with Crippen LogP contribution in [0.15, 0.2) is 36.4 Å². The second-order valence-corrected chi connectivity index (χ2v) is 11.5. The average Bonchev–Trinajstić information content (AvgIpc) is 3.14. The highest BCUT2D eigenvalue weighted by Crippen LogP contribution is 2.44. The van der Waals surface area contributed by atoms with E-state index < -0.39 is 46.4 Å². The van der Waals surface area contributed by atoms with Crippen LogP contribution in [0, 0.1) is 25.2 Å². The van der Waals surface area contributed by atoms with E-state index in [2.05, 4.69) is 5.32 Å². The van der Waals surface area contributed by atoms with Gasteiger partial charge in [0.15, 0.2) is 0 Å². The van der Waals surface area contributed by atoms with Crippen LogP contribution in [0.3, 0.4) is 0 Å². The number of amides is 2. The number of benzene rings is 2. The van der Waals surface area contributed by atoms with Gasteiger partial charge >= 0.3 is 12.4 Å². The summed E-state index contributed by atoms with van der Waals surface area (Å²) < 4.78 is 81.1. The Morgan fingerprint density at radius 1 is 0.976 bits per heavy atom. The number of hydrogen-bond donors (Lipinski definition) is 1. The van der Waals surface area contributed by atoms with E-state index in [0.29, 0.717) is 17.8 Å². The Bertz CT molecular complexity index is 1250. The first-order valence-electron chi connectivity index (χ1n) is 13.7. The number of alkyl halides is 6. The predicted molar refractivity (Wildman–Crippen MR) is 144 cm³/mol. The van der Waals surface area contributed by atoms with Crippen LogP contribution in [0.4, 0.5) is 37.7 Å². The maximum Gasteiger partial charge on any atom is 0.416 e. The molecule has 2 aromatic rings. The average molecular weight is 584 g/mol. The van der Waals surface area contributed by atoms with E-state index in [1.165, 1.54) is 4.90 Å². The number of rotatable bonds is 6. The molecule has 41 heavy (non-hydrogen) atoms. The Labute approximate surface area is 235 Å². The number of anilines is 2. The predicted octanol–water partition coefficient (Wildman–Crippen LogP) is 7.21. The van der Waals surface area contributed by atoms with Crippen molar-refractivity contribution in [2.45, 2.75) is 71.3 Å². The van der Waals surface area contributed by atoms with Gasteiger partial charge in [-0.3, -0.25) is 9.59 Å². The first kappa shape index (κ1) is 30.9. The van der Waals surface area contributed by atoms with E-state index in [4.69, 9.17) is 0 Å². The van der Waals surface area contributed by atoms with Crippen molar-refractivity contribution in [1.29, 1.82) is 0 Å². The molecule has 2 aliphatic rings. The summed E-state index contributed by atoms with van der Waals surface area (Å²) in [5, 5.41) is 2.37. The van der Waals surface area contributed by atoms with Crippen LogP contribution in [0.5, 0.6) is 0 Å². The van der Waals surface area contributed by atoms with Gasteiger partial charge in [0, 0.05) is 30.5 Å². The van der Waals surface area contributed by atoms with Gasteiger partial charge in [-0.05, 0) is 63.1 Å². The minimum absolute atomic E-state index is 0.0205. The number of nitrogens with one attached hydrogen (secondary N) is 1. The van der Waals surface area contributed by atoms with Crippen LogP contribution in [0.25, 0.3) is 0 Å². The normalized spacial score (nSPS) is 22.5. The highest BCUT2D eigenvalue weighted by Gasteiger charge is 2.56. The van der Waals surface area contributed by atoms with Crippen molar-refractivity contribution in [2.75, 3.05) is 30.4 Å². The van der Waals surface area contributed by atoms with Crippen molar-refractivity contribution >= 4 is 23.2 Å². The maximum absolute atomic E-state index is 14.1. The summed E-state index contributed by atoms with van der Waals surface area (Å²) in [7, 11) is 1.86. The van der Waals surface area contributed by atoms with Crippen molar-refractivity contribution in [3.8, 4) is 0 Å². The monoisotopic (exact) mass is 583 g/mol. The molecule has 2 fully saturated rings.